The molecule has 0 radical (unpaired) electrons. The number of carboxylic acids is 1. The van der Waals surface area contributed by atoms with Gasteiger partial charge in [0.15, 0.2) is 0 Å². The van der Waals surface area contributed by atoms with E-state index in [2.05, 4.69) is 15.9 Å². The summed E-state index contributed by atoms with van der Waals surface area (Å²) in [4.78, 5) is 11.4. The van der Waals surface area contributed by atoms with Gasteiger partial charge in [-0.2, -0.15) is 0 Å². The van der Waals surface area contributed by atoms with Crippen LogP contribution in [-0.2, 0) is 14.8 Å². The lowest BCUT2D eigenvalue weighted by Gasteiger charge is -2.35. The lowest BCUT2D eigenvalue weighted by Crippen LogP contribution is -2.46. The second-order valence-electron chi connectivity index (χ2n) is 6.31. The molecule has 1 aliphatic heterocycles. The van der Waals surface area contributed by atoms with Crippen LogP contribution < -0.4 is 4.31 Å². The third kappa shape index (κ3) is 3.18. The van der Waals surface area contributed by atoms with Crippen LogP contribution in [0.5, 0.6) is 0 Å². The number of hydrogen-bond donors (Lipinski definition) is 1. The van der Waals surface area contributed by atoms with Gasteiger partial charge in [-0.05, 0) is 43.5 Å². The predicted molar refractivity (Wildman–Crippen MR) is 102 cm³/mol. The number of rotatable bonds is 3. The molecule has 132 valence electrons. The van der Waals surface area contributed by atoms with Gasteiger partial charge in [-0.15, -0.1) is 0 Å². The summed E-state index contributed by atoms with van der Waals surface area (Å²) in [6.45, 7) is 1.79. The fourth-order valence-corrected chi connectivity index (χ4v) is 5.18. The smallest absolute Gasteiger partial charge is 0.331 e. The van der Waals surface area contributed by atoms with Crippen LogP contribution in [0.4, 0.5) is 5.69 Å². The lowest BCUT2D eigenvalue weighted by atomic mass is 10.0. The van der Waals surface area contributed by atoms with Gasteiger partial charge in [-0.3, -0.25) is 4.31 Å². The molecule has 7 heteroatoms. The molecule has 1 aromatic rings. The van der Waals surface area contributed by atoms with Crippen molar-refractivity contribution in [3.8, 4) is 0 Å². The third-order valence-corrected chi connectivity index (χ3v) is 7.48. The van der Waals surface area contributed by atoms with E-state index in [1.807, 2.05) is 12.2 Å². The molecule has 1 heterocycles. The van der Waals surface area contributed by atoms with Gasteiger partial charge in [-0.25, -0.2) is 13.2 Å². The van der Waals surface area contributed by atoms with Crippen molar-refractivity contribution in [3.63, 3.8) is 0 Å². The summed E-state index contributed by atoms with van der Waals surface area (Å²) < 4.78 is 27.9. The van der Waals surface area contributed by atoms with E-state index < -0.39 is 20.7 Å². The zero-order valence-corrected chi connectivity index (χ0v) is 16.0. The average Bonchev–Trinajstić information content (AvgIpc) is 2.75. The molecule has 0 saturated carbocycles. The fourth-order valence-electron chi connectivity index (χ4n) is 3.03. The summed E-state index contributed by atoms with van der Waals surface area (Å²) in [5.74, 6) is -1.03. The Hall–Kier alpha value is -1.86. The zero-order chi connectivity index (χ0) is 18.2. The highest BCUT2D eigenvalue weighted by Crippen LogP contribution is 2.38. The number of hydrogen-bond acceptors (Lipinski definition) is 3. The van der Waals surface area contributed by atoms with Crippen molar-refractivity contribution < 1.29 is 18.3 Å². The number of halogens is 1. The molecule has 1 aliphatic carbocycles. The van der Waals surface area contributed by atoms with Gasteiger partial charge in [-0.1, -0.05) is 46.3 Å². The fraction of sp³-hybridized carbons (Fsp3) is 0.278. The molecule has 3 rings (SSSR count). The van der Waals surface area contributed by atoms with Crippen LogP contribution >= 0.6 is 15.9 Å². The summed E-state index contributed by atoms with van der Waals surface area (Å²) in [5.41, 5.74) is 1.28. The first-order valence-corrected chi connectivity index (χ1v) is 10.1. The van der Waals surface area contributed by atoms with Crippen LogP contribution in [0.1, 0.15) is 25.3 Å². The summed E-state index contributed by atoms with van der Waals surface area (Å²) in [7, 11) is -3.74. The Labute approximate surface area is 155 Å². The molecule has 25 heavy (non-hydrogen) atoms. The number of fused-ring (bicyclic) bond motifs is 1. The standard InChI is InChI=1S/C18H18BrNO4S/c1-18(8-3-2-4-9-18)25(23,24)20-10-7-14(17(21)22)11-13-5-6-15(19)12-16(13)20/h2-6,8,11-12H,7,9-10H2,1H3,(H,21,22). The Bertz CT molecular complexity index is 917. The molecule has 5 nitrogen and oxygen atoms in total. The highest BCUT2D eigenvalue weighted by molar-refractivity contribution is 9.10. The van der Waals surface area contributed by atoms with Crippen LogP contribution in [0.15, 0.2) is 52.5 Å². The Kier molecular flexibility index (Phi) is 4.64. The van der Waals surface area contributed by atoms with Gasteiger partial charge < -0.3 is 5.11 Å². The minimum absolute atomic E-state index is 0.0943. The molecule has 0 amide bonds. The second-order valence-corrected chi connectivity index (χ2v) is 9.55. The molecule has 0 aromatic heterocycles. The molecular formula is C18H18BrNO4S. The van der Waals surface area contributed by atoms with E-state index in [1.54, 1.807) is 43.4 Å². The number of sulfonamides is 1. The number of carbonyl (C=O) groups is 1. The van der Waals surface area contributed by atoms with Gasteiger partial charge in [0, 0.05) is 16.6 Å². The van der Waals surface area contributed by atoms with E-state index in [0.717, 1.165) is 4.47 Å². The first-order chi connectivity index (χ1) is 11.7. The molecule has 2 aliphatic rings. The van der Waals surface area contributed by atoms with E-state index in [4.69, 9.17) is 0 Å². The molecule has 1 unspecified atom stereocenters. The average molecular weight is 424 g/mol. The van der Waals surface area contributed by atoms with Crippen molar-refractivity contribution in [3.05, 3.63) is 58.1 Å². The van der Waals surface area contributed by atoms with E-state index in [9.17, 15) is 18.3 Å². The van der Waals surface area contributed by atoms with Gasteiger partial charge >= 0.3 is 5.97 Å². The van der Waals surface area contributed by atoms with E-state index in [0.29, 0.717) is 17.7 Å². The Balaban J connectivity index is 2.13. The molecular weight excluding hydrogens is 406 g/mol. The van der Waals surface area contributed by atoms with Crippen molar-refractivity contribution in [1.82, 2.24) is 0 Å². The maximum atomic E-state index is 13.4. The molecule has 0 saturated heterocycles. The summed E-state index contributed by atoms with van der Waals surface area (Å²) in [5, 5.41) is 9.37. The molecule has 1 atom stereocenters. The van der Waals surface area contributed by atoms with Crippen LogP contribution in [0.2, 0.25) is 0 Å². The highest BCUT2D eigenvalue weighted by atomic mass is 79.9. The minimum atomic E-state index is -3.74. The molecule has 0 spiro atoms. The number of carboxylic acid groups (broad SMARTS) is 1. The first kappa shape index (κ1) is 17.9. The monoisotopic (exact) mass is 423 g/mol. The number of allylic oxidation sites excluding steroid dienone is 3. The van der Waals surface area contributed by atoms with Crippen LogP contribution in [-0.4, -0.2) is 30.8 Å². The third-order valence-electron chi connectivity index (χ3n) is 4.55. The zero-order valence-electron chi connectivity index (χ0n) is 13.6. The topological polar surface area (TPSA) is 74.7 Å². The number of anilines is 1. The second kappa shape index (κ2) is 6.46. The number of benzene rings is 1. The predicted octanol–water partition coefficient (Wildman–Crippen LogP) is 3.73. The van der Waals surface area contributed by atoms with Crippen molar-refractivity contribution in [2.75, 3.05) is 10.8 Å². The maximum absolute atomic E-state index is 13.4. The van der Waals surface area contributed by atoms with Crippen molar-refractivity contribution in [1.29, 1.82) is 0 Å². The lowest BCUT2D eigenvalue weighted by molar-refractivity contribution is -0.132. The quantitative estimate of drug-likeness (QED) is 0.803. The van der Waals surface area contributed by atoms with Crippen LogP contribution in [0, 0.1) is 0 Å². The van der Waals surface area contributed by atoms with Gasteiger partial charge in [0.05, 0.1) is 5.69 Å². The van der Waals surface area contributed by atoms with Crippen molar-refractivity contribution in [2.45, 2.75) is 24.5 Å². The Morgan fingerprint density at radius 3 is 2.72 bits per heavy atom. The van der Waals surface area contributed by atoms with Gasteiger partial charge in [0.25, 0.3) is 0 Å². The molecule has 0 fully saturated rings. The van der Waals surface area contributed by atoms with Gasteiger partial charge in [0.1, 0.15) is 4.75 Å². The largest absolute Gasteiger partial charge is 0.478 e. The Morgan fingerprint density at radius 1 is 1.32 bits per heavy atom. The molecule has 0 bridgehead atoms. The van der Waals surface area contributed by atoms with E-state index in [-0.39, 0.29) is 18.5 Å². The summed E-state index contributed by atoms with van der Waals surface area (Å²) in [6.07, 6.45) is 9.17. The van der Waals surface area contributed by atoms with Crippen molar-refractivity contribution >= 4 is 43.7 Å². The number of aliphatic carboxylic acids is 1. The summed E-state index contributed by atoms with van der Waals surface area (Å²) >= 11 is 3.38. The number of nitrogens with zero attached hydrogens (tertiary/aromatic N) is 1. The van der Waals surface area contributed by atoms with E-state index in [1.165, 1.54) is 4.31 Å². The minimum Gasteiger partial charge on any atom is -0.478 e. The van der Waals surface area contributed by atoms with Crippen LogP contribution in [0.3, 0.4) is 0 Å². The van der Waals surface area contributed by atoms with Crippen molar-refractivity contribution in [2.24, 2.45) is 0 Å². The SMILES string of the molecule is CC1(S(=O)(=O)N2CCC(C(=O)O)=Cc3ccc(Br)cc32)C=CC=CC1. The molecule has 1 N–H and O–H groups in total. The molecule has 1 aromatic carbocycles. The van der Waals surface area contributed by atoms with Crippen LogP contribution in [0.25, 0.3) is 6.08 Å². The maximum Gasteiger partial charge on any atom is 0.331 e. The first-order valence-electron chi connectivity index (χ1n) is 7.85. The normalized spacial score (nSPS) is 23.0. The van der Waals surface area contributed by atoms with Gasteiger partial charge in [0.2, 0.25) is 10.0 Å². The Morgan fingerprint density at radius 2 is 2.08 bits per heavy atom. The summed E-state index contributed by atoms with van der Waals surface area (Å²) in [6, 6.07) is 5.23. The van der Waals surface area contributed by atoms with E-state index >= 15 is 0 Å². The highest BCUT2D eigenvalue weighted by Gasteiger charge is 2.42.